The van der Waals surface area contributed by atoms with Gasteiger partial charge in [-0.3, -0.25) is 20.1 Å². The normalized spacial score (nSPS) is 16.1. The lowest BCUT2D eigenvalue weighted by Crippen LogP contribution is -2.32. The first-order chi connectivity index (χ1) is 23.6. The summed E-state index contributed by atoms with van der Waals surface area (Å²) in [5.74, 6) is -0.418. The largest absolute Gasteiger partial charge is 0.508 e. The van der Waals surface area contributed by atoms with E-state index in [1.807, 2.05) is 43.3 Å². The molecule has 2 aliphatic rings. The number of pyridine rings is 2. The van der Waals surface area contributed by atoms with Gasteiger partial charge in [0.2, 0.25) is 11.8 Å². The van der Waals surface area contributed by atoms with Gasteiger partial charge in [0.05, 0.1) is 24.7 Å². The molecule has 11 heteroatoms. The summed E-state index contributed by atoms with van der Waals surface area (Å²) >= 11 is 0. The summed E-state index contributed by atoms with van der Waals surface area (Å²) in [5, 5.41) is 12.3. The Hall–Kier alpha value is -5.97. The molecule has 2 atom stereocenters. The Balaban J connectivity index is 0.000000192. The quantitative estimate of drug-likeness (QED) is 0.227. The van der Waals surface area contributed by atoms with Gasteiger partial charge in [-0.15, -0.1) is 0 Å². The topological polar surface area (TPSA) is 146 Å². The van der Waals surface area contributed by atoms with E-state index in [1.165, 1.54) is 19.1 Å². The van der Waals surface area contributed by atoms with Crippen LogP contribution in [0.5, 0.6) is 17.2 Å². The molecule has 2 aromatic heterocycles. The van der Waals surface area contributed by atoms with Gasteiger partial charge < -0.3 is 24.1 Å². The predicted molar refractivity (Wildman–Crippen MR) is 180 cm³/mol. The van der Waals surface area contributed by atoms with Crippen molar-refractivity contribution in [3.63, 3.8) is 0 Å². The maximum atomic E-state index is 12.7. The Labute approximate surface area is 284 Å². The molecule has 4 heterocycles. The van der Waals surface area contributed by atoms with E-state index in [4.69, 9.17) is 18.9 Å². The summed E-state index contributed by atoms with van der Waals surface area (Å²) < 4.78 is 22.1. The number of amides is 1. The minimum Gasteiger partial charge on any atom is -0.508 e. The molecule has 49 heavy (non-hydrogen) atoms. The van der Waals surface area contributed by atoms with Crippen LogP contribution in [0.3, 0.4) is 0 Å². The maximum Gasteiger partial charge on any atom is 0.340 e. The summed E-state index contributed by atoms with van der Waals surface area (Å²) in [7, 11) is 0. The van der Waals surface area contributed by atoms with Crippen molar-refractivity contribution in [1.29, 1.82) is 0 Å². The standard InChI is InChI=1S/C19H18N2O5.C19H19NO3/c1-3-25-19(24)17-16(12-5-4-8-20-10-12)14-7-6-13(23)9-15(14)26-18(17)21-11(2)22;1-4-22-19(21)17-13(3)23-16-10-12(2)7-8-15(16)18(17)14-6-5-9-20-11-14/h4-10,16,23H,3H2,1-2H3,(H,21,22);5-11,18H,4H2,1-3H3. The highest BCUT2D eigenvalue weighted by Crippen LogP contribution is 2.45. The number of benzene rings is 2. The Morgan fingerprint density at radius 1 is 0.776 bits per heavy atom. The molecule has 6 rings (SSSR count). The first-order valence-corrected chi connectivity index (χ1v) is 15.8. The van der Waals surface area contributed by atoms with Crippen LogP contribution >= 0.6 is 0 Å². The van der Waals surface area contributed by atoms with Gasteiger partial charge in [0.25, 0.3) is 0 Å². The van der Waals surface area contributed by atoms with Crippen molar-refractivity contribution < 1.29 is 38.4 Å². The molecule has 0 radical (unpaired) electrons. The van der Waals surface area contributed by atoms with Crippen molar-refractivity contribution in [1.82, 2.24) is 15.3 Å². The number of aromatic nitrogens is 2. The number of aryl methyl sites for hydroxylation is 1. The van der Waals surface area contributed by atoms with Crippen molar-refractivity contribution in [2.24, 2.45) is 0 Å². The second-order valence-corrected chi connectivity index (χ2v) is 11.2. The number of nitrogens with one attached hydrogen (secondary N) is 1. The van der Waals surface area contributed by atoms with Crippen molar-refractivity contribution in [3.05, 3.63) is 136 Å². The number of hydrogen-bond acceptors (Lipinski definition) is 10. The summed E-state index contributed by atoms with van der Waals surface area (Å²) in [4.78, 5) is 45.1. The van der Waals surface area contributed by atoms with Crippen LogP contribution < -0.4 is 14.8 Å². The van der Waals surface area contributed by atoms with Gasteiger partial charge in [0, 0.05) is 54.8 Å². The molecule has 0 fully saturated rings. The molecule has 0 bridgehead atoms. The number of nitrogens with zero attached hydrogens (tertiary/aromatic N) is 2. The van der Waals surface area contributed by atoms with Crippen LogP contribution in [-0.4, -0.2) is 46.1 Å². The lowest BCUT2D eigenvalue weighted by molar-refractivity contribution is -0.140. The third-order valence-corrected chi connectivity index (χ3v) is 7.78. The van der Waals surface area contributed by atoms with Crippen molar-refractivity contribution in [2.45, 2.75) is 46.5 Å². The maximum absolute atomic E-state index is 12.7. The lowest BCUT2D eigenvalue weighted by atomic mass is 9.82. The second kappa shape index (κ2) is 15.3. The van der Waals surface area contributed by atoms with Crippen LogP contribution in [0.4, 0.5) is 0 Å². The van der Waals surface area contributed by atoms with Gasteiger partial charge in [-0.25, -0.2) is 9.59 Å². The molecule has 2 N–H and O–H groups in total. The van der Waals surface area contributed by atoms with Gasteiger partial charge in [0.1, 0.15) is 28.6 Å². The molecule has 252 valence electrons. The number of allylic oxidation sites excluding steroid dienone is 1. The number of esters is 2. The molecule has 0 saturated carbocycles. The van der Waals surface area contributed by atoms with Gasteiger partial charge in [-0.2, -0.15) is 0 Å². The molecule has 0 saturated heterocycles. The number of aromatic hydroxyl groups is 1. The highest BCUT2D eigenvalue weighted by atomic mass is 16.5. The fourth-order valence-electron chi connectivity index (χ4n) is 5.78. The average molecular weight is 664 g/mol. The number of phenols is 1. The third kappa shape index (κ3) is 7.62. The van der Waals surface area contributed by atoms with Gasteiger partial charge >= 0.3 is 11.9 Å². The Morgan fingerprint density at radius 2 is 1.33 bits per heavy atom. The Bertz CT molecular complexity index is 1920. The van der Waals surface area contributed by atoms with Crippen LogP contribution in [0.15, 0.2) is 108 Å². The van der Waals surface area contributed by atoms with Crippen LogP contribution in [-0.2, 0) is 23.9 Å². The number of rotatable bonds is 7. The van der Waals surface area contributed by atoms with E-state index < -0.39 is 17.8 Å². The number of ether oxygens (including phenoxy) is 4. The smallest absolute Gasteiger partial charge is 0.340 e. The molecular formula is C38H37N3O8. The van der Waals surface area contributed by atoms with E-state index in [0.717, 1.165) is 28.0 Å². The van der Waals surface area contributed by atoms with E-state index in [-0.39, 0.29) is 35.7 Å². The van der Waals surface area contributed by atoms with Crippen molar-refractivity contribution in [3.8, 4) is 17.2 Å². The molecule has 2 aliphatic heterocycles. The third-order valence-electron chi connectivity index (χ3n) is 7.78. The van der Waals surface area contributed by atoms with Crippen molar-refractivity contribution in [2.75, 3.05) is 13.2 Å². The highest BCUT2D eigenvalue weighted by Gasteiger charge is 2.37. The summed E-state index contributed by atoms with van der Waals surface area (Å²) in [5.41, 5.74) is 5.12. The summed E-state index contributed by atoms with van der Waals surface area (Å²) in [6, 6.07) is 18.1. The molecule has 4 aromatic rings. The number of hydrogen-bond donors (Lipinski definition) is 2. The zero-order valence-corrected chi connectivity index (χ0v) is 27.9. The fraction of sp³-hybridized carbons (Fsp3) is 0.237. The zero-order valence-electron chi connectivity index (χ0n) is 27.9. The summed E-state index contributed by atoms with van der Waals surface area (Å²) in [6.45, 7) is 9.15. The van der Waals surface area contributed by atoms with Crippen LogP contribution in [0.2, 0.25) is 0 Å². The van der Waals surface area contributed by atoms with Crippen LogP contribution in [0.1, 0.15) is 67.3 Å². The van der Waals surface area contributed by atoms with Gasteiger partial charge in [-0.1, -0.05) is 30.3 Å². The van der Waals surface area contributed by atoms with E-state index in [9.17, 15) is 19.5 Å². The van der Waals surface area contributed by atoms with E-state index >= 15 is 0 Å². The molecular weight excluding hydrogens is 626 g/mol. The number of fused-ring (bicyclic) bond motifs is 2. The van der Waals surface area contributed by atoms with Crippen LogP contribution in [0.25, 0.3) is 0 Å². The second-order valence-electron chi connectivity index (χ2n) is 11.2. The predicted octanol–water partition coefficient (Wildman–Crippen LogP) is 5.97. The molecule has 0 aliphatic carbocycles. The highest BCUT2D eigenvalue weighted by molar-refractivity contribution is 5.94. The monoisotopic (exact) mass is 663 g/mol. The van der Waals surface area contributed by atoms with E-state index in [0.29, 0.717) is 29.3 Å². The molecule has 2 aromatic carbocycles. The SMILES string of the molecule is CCOC(=O)C1=C(C)Oc2cc(C)ccc2C1c1cccnc1.CCOC(=O)C1=C(NC(C)=O)Oc2cc(O)ccc2C1c1cccnc1. The minimum absolute atomic E-state index is 0.00967. The molecule has 11 nitrogen and oxygen atoms in total. The fourth-order valence-corrected chi connectivity index (χ4v) is 5.78. The molecule has 2 unspecified atom stereocenters. The molecule has 0 spiro atoms. The molecule has 1 amide bonds. The minimum atomic E-state index is -0.594. The van der Waals surface area contributed by atoms with E-state index in [2.05, 4.69) is 15.3 Å². The van der Waals surface area contributed by atoms with Gasteiger partial charge in [0.15, 0.2) is 0 Å². The van der Waals surface area contributed by atoms with Crippen LogP contribution in [0, 0.1) is 6.92 Å². The van der Waals surface area contributed by atoms with Gasteiger partial charge in [-0.05, 0) is 68.7 Å². The zero-order chi connectivity index (χ0) is 35.1. The number of phenolic OH excluding ortho intramolecular Hbond substituents is 1. The lowest BCUT2D eigenvalue weighted by Gasteiger charge is -2.29. The summed E-state index contributed by atoms with van der Waals surface area (Å²) in [6.07, 6.45) is 6.77. The average Bonchev–Trinajstić information content (AvgIpc) is 3.08. The first-order valence-electron chi connectivity index (χ1n) is 15.8. The van der Waals surface area contributed by atoms with E-state index in [1.54, 1.807) is 57.7 Å². The first kappa shape index (κ1) is 34.4. The number of carbonyl (C=O) groups is 3. The Morgan fingerprint density at radius 3 is 1.88 bits per heavy atom. The Kier molecular flexibility index (Phi) is 10.7. The number of carbonyl (C=O) groups excluding carboxylic acids is 3. The van der Waals surface area contributed by atoms with Crippen molar-refractivity contribution >= 4 is 17.8 Å².